The summed E-state index contributed by atoms with van der Waals surface area (Å²) in [6, 6.07) is 5.81. The van der Waals surface area contributed by atoms with E-state index in [0.29, 0.717) is 35.2 Å². The Balaban J connectivity index is 1.32. The lowest BCUT2D eigenvalue weighted by Gasteiger charge is -2.38. The largest absolute Gasteiger partial charge is 0.484 e. The monoisotopic (exact) mass is 420 g/mol. The van der Waals surface area contributed by atoms with Crippen LogP contribution in [0.5, 0.6) is 5.75 Å². The zero-order valence-electron chi connectivity index (χ0n) is 16.0. The van der Waals surface area contributed by atoms with Gasteiger partial charge in [0.05, 0.1) is 5.69 Å². The first-order valence-corrected chi connectivity index (χ1v) is 10.6. The second-order valence-corrected chi connectivity index (χ2v) is 8.54. The van der Waals surface area contributed by atoms with E-state index in [-0.39, 0.29) is 0 Å². The first-order chi connectivity index (χ1) is 14.1. The quantitative estimate of drug-likeness (QED) is 0.659. The molecule has 0 radical (unpaired) electrons. The number of rotatable bonds is 6. The summed E-state index contributed by atoms with van der Waals surface area (Å²) in [7, 11) is 0. The predicted molar refractivity (Wildman–Crippen MR) is 107 cm³/mol. The van der Waals surface area contributed by atoms with Crippen molar-refractivity contribution in [3.8, 4) is 5.75 Å². The summed E-state index contributed by atoms with van der Waals surface area (Å²) in [6.45, 7) is 3.35. The van der Waals surface area contributed by atoms with Gasteiger partial charge in [-0.05, 0) is 61.3 Å². The molecule has 4 heterocycles. The van der Waals surface area contributed by atoms with Crippen LogP contribution in [-0.2, 0) is 0 Å². The molecule has 3 aromatic heterocycles. The van der Waals surface area contributed by atoms with Gasteiger partial charge in [-0.3, -0.25) is 0 Å². The van der Waals surface area contributed by atoms with Crippen LogP contribution < -0.4 is 15.0 Å². The molecule has 3 aromatic rings. The maximum Gasteiger partial charge on any atom is 0.272 e. The van der Waals surface area contributed by atoms with Crippen molar-refractivity contribution in [3.05, 3.63) is 30.1 Å². The Morgan fingerprint density at radius 3 is 2.79 bits per heavy atom. The Kier molecular flexibility index (Phi) is 4.73. The fraction of sp³-hybridized carbons (Fsp3) is 0.526. The molecule has 1 N–H and O–H groups in total. The van der Waals surface area contributed by atoms with Crippen molar-refractivity contribution in [1.82, 2.24) is 19.0 Å². The number of aryl methyl sites for hydroxylation is 1. The number of halogens is 2. The molecule has 29 heavy (non-hydrogen) atoms. The van der Waals surface area contributed by atoms with Gasteiger partial charge in [0.2, 0.25) is 5.95 Å². The van der Waals surface area contributed by atoms with Crippen LogP contribution in [0.15, 0.2) is 24.4 Å². The summed E-state index contributed by atoms with van der Waals surface area (Å²) in [6.07, 6.45) is 1.56. The molecule has 0 aromatic carbocycles. The van der Waals surface area contributed by atoms with E-state index in [4.69, 9.17) is 4.74 Å². The van der Waals surface area contributed by atoms with E-state index in [1.807, 2.05) is 6.92 Å². The van der Waals surface area contributed by atoms with Gasteiger partial charge in [-0.15, -0.1) is 5.10 Å². The lowest BCUT2D eigenvalue weighted by molar-refractivity contribution is 0.0824. The number of piperidine rings is 1. The number of alkyl halides is 2. The third-order valence-electron chi connectivity index (χ3n) is 5.75. The molecule has 5 rings (SSSR count). The van der Waals surface area contributed by atoms with E-state index < -0.39 is 13.0 Å². The summed E-state index contributed by atoms with van der Waals surface area (Å²) in [5.41, 5.74) is 1.51. The zero-order valence-corrected chi connectivity index (χ0v) is 16.8. The lowest BCUT2D eigenvalue weighted by Crippen LogP contribution is -2.48. The highest BCUT2D eigenvalue weighted by Gasteiger charge is 2.43. The van der Waals surface area contributed by atoms with Crippen LogP contribution >= 0.6 is 11.5 Å². The fourth-order valence-corrected chi connectivity index (χ4v) is 5.27. The van der Waals surface area contributed by atoms with Crippen molar-refractivity contribution in [2.24, 2.45) is 11.8 Å². The molecule has 1 saturated heterocycles. The van der Waals surface area contributed by atoms with Crippen LogP contribution in [0.3, 0.4) is 0 Å². The fourth-order valence-electron chi connectivity index (χ4n) is 4.49. The number of nitrogens with one attached hydrogen (secondary N) is 1. The second kappa shape index (κ2) is 7.40. The molecule has 2 aliphatic rings. The number of pyridine rings is 1. The van der Waals surface area contributed by atoms with Crippen molar-refractivity contribution >= 4 is 28.1 Å². The van der Waals surface area contributed by atoms with E-state index in [1.54, 1.807) is 34.4 Å². The molecular weight excluding hydrogens is 398 g/mol. The van der Waals surface area contributed by atoms with Crippen LogP contribution in [-0.4, -0.2) is 51.1 Å². The van der Waals surface area contributed by atoms with Gasteiger partial charge in [0.1, 0.15) is 11.6 Å². The second-order valence-electron chi connectivity index (χ2n) is 7.76. The number of fused-ring (bicyclic) bond motifs is 3. The van der Waals surface area contributed by atoms with Crippen molar-refractivity contribution in [1.29, 1.82) is 0 Å². The molecule has 1 aliphatic heterocycles. The smallest absolute Gasteiger partial charge is 0.272 e. The van der Waals surface area contributed by atoms with E-state index in [1.165, 1.54) is 17.8 Å². The van der Waals surface area contributed by atoms with Gasteiger partial charge < -0.3 is 15.0 Å². The maximum absolute atomic E-state index is 12.5. The maximum atomic E-state index is 12.5. The summed E-state index contributed by atoms with van der Waals surface area (Å²) in [5, 5.41) is 9.23. The highest BCUT2D eigenvalue weighted by molar-refractivity contribution is 7.10. The minimum atomic E-state index is -2.53. The van der Waals surface area contributed by atoms with E-state index in [9.17, 15) is 8.78 Å². The van der Waals surface area contributed by atoms with Gasteiger partial charge in [0.25, 0.3) is 6.43 Å². The molecule has 0 spiro atoms. The van der Waals surface area contributed by atoms with Crippen LogP contribution in [0, 0.1) is 18.8 Å². The molecule has 154 valence electrons. The van der Waals surface area contributed by atoms with E-state index in [2.05, 4.69) is 30.7 Å². The van der Waals surface area contributed by atoms with Gasteiger partial charge in [-0.25, -0.2) is 13.3 Å². The molecule has 1 aliphatic carbocycles. The minimum absolute atomic E-state index is 0.308. The summed E-state index contributed by atoms with van der Waals surface area (Å²) in [5.74, 6) is 1.85. The first kappa shape index (κ1) is 18.5. The molecule has 2 bridgehead atoms. The normalized spacial score (nSPS) is 23.9. The van der Waals surface area contributed by atoms with Gasteiger partial charge in [-0.1, -0.05) is 0 Å². The molecular formula is C19H22F2N6OS. The molecule has 7 nitrogen and oxygen atoms in total. The minimum Gasteiger partial charge on any atom is -0.484 e. The number of anilines is 2. The molecule has 2 unspecified atom stereocenters. The Hall–Kier alpha value is -2.49. The van der Waals surface area contributed by atoms with Gasteiger partial charge in [0, 0.05) is 25.3 Å². The molecule has 0 amide bonds. The van der Waals surface area contributed by atoms with Gasteiger partial charge in [0.15, 0.2) is 11.4 Å². The summed E-state index contributed by atoms with van der Waals surface area (Å²) < 4.78 is 36.2. The average molecular weight is 420 g/mol. The van der Waals surface area contributed by atoms with Crippen LogP contribution in [0.2, 0.25) is 0 Å². The third-order valence-corrected chi connectivity index (χ3v) is 6.69. The topological polar surface area (TPSA) is 67.6 Å². The Labute approximate surface area is 170 Å². The summed E-state index contributed by atoms with van der Waals surface area (Å²) >= 11 is 1.56. The average Bonchev–Trinajstić information content (AvgIpc) is 3.36. The number of ether oxygens (including phenoxy) is 1. The molecule has 10 heteroatoms. The lowest BCUT2D eigenvalue weighted by atomic mass is 9.92. The van der Waals surface area contributed by atoms with Crippen LogP contribution in [0.4, 0.5) is 19.7 Å². The Morgan fingerprint density at radius 2 is 2.10 bits per heavy atom. The molecule has 2 atom stereocenters. The van der Waals surface area contributed by atoms with Crippen molar-refractivity contribution in [2.75, 3.05) is 29.9 Å². The predicted octanol–water partition coefficient (Wildman–Crippen LogP) is 3.47. The van der Waals surface area contributed by atoms with Crippen molar-refractivity contribution in [2.45, 2.75) is 32.2 Å². The van der Waals surface area contributed by atoms with Crippen molar-refractivity contribution < 1.29 is 13.5 Å². The van der Waals surface area contributed by atoms with Crippen LogP contribution in [0.25, 0.3) is 5.65 Å². The van der Waals surface area contributed by atoms with E-state index >= 15 is 0 Å². The molecule has 2 fully saturated rings. The Bertz CT molecular complexity index is 994. The van der Waals surface area contributed by atoms with Crippen LogP contribution in [0.1, 0.15) is 18.5 Å². The number of hydrogen-bond acceptors (Lipinski definition) is 7. The number of nitrogens with zero attached hydrogens (tertiary/aromatic N) is 5. The Morgan fingerprint density at radius 1 is 1.31 bits per heavy atom. The number of aromatic nitrogens is 4. The molecule has 1 saturated carbocycles. The summed E-state index contributed by atoms with van der Waals surface area (Å²) in [4.78, 5) is 6.95. The highest BCUT2D eigenvalue weighted by Crippen LogP contribution is 2.41. The van der Waals surface area contributed by atoms with Gasteiger partial charge >= 0.3 is 0 Å². The third kappa shape index (κ3) is 3.61. The van der Waals surface area contributed by atoms with E-state index in [0.717, 1.165) is 18.8 Å². The zero-order chi connectivity index (χ0) is 20.0. The number of hydrogen-bond donors (Lipinski definition) is 1. The van der Waals surface area contributed by atoms with Crippen molar-refractivity contribution in [3.63, 3.8) is 0 Å². The van der Waals surface area contributed by atoms with Gasteiger partial charge in [-0.2, -0.15) is 9.36 Å². The first-order valence-electron chi connectivity index (χ1n) is 9.78. The SMILES string of the molecule is Cc1cc(N2CC3CCC(C2)C3Nc2nc3c(OCC(F)F)cccn3n2)sn1. The highest BCUT2D eigenvalue weighted by atomic mass is 32.1. The standard InChI is InChI=1S/C19H22F2N6OS/c1-11-7-16(29-25-11)26-8-12-4-5-13(9-26)17(12)22-19-23-18-14(28-10-15(20)21)3-2-6-27(18)24-19/h2-3,6-7,12-13,15,17H,4-5,8-10H2,1H3,(H,22,24).